The second kappa shape index (κ2) is 8.34. The Morgan fingerprint density at radius 2 is 2.12 bits per heavy atom. The van der Waals surface area contributed by atoms with E-state index in [4.69, 9.17) is 13.7 Å². The lowest BCUT2D eigenvalue weighted by Gasteiger charge is -2.05. The number of nitrogens with zero attached hydrogens (tertiary/aromatic N) is 1. The molecule has 0 radical (unpaired) electrons. The number of imide groups is 1. The molecule has 0 saturated heterocycles. The minimum atomic E-state index is -0.722. The molecule has 0 bridgehead atoms. The van der Waals surface area contributed by atoms with Crippen LogP contribution >= 0.6 is 11.8 Å². The van der Waals surface area contributed by atoms with Gasteiger partial charge in [0.2, 0.25) is 0 Å². The number of ether oxygens (including phenoxy) is 1. The zero-order valence-electron chi connectivity index (χ0n) is 13.2. The summed E-state index contributed by atoms with van der Waals surface area (Å²) >= 11 is 1.32. The largest absolute Gasteiger partial charge is 0.459 e. The second-order valence-corrected chi connectivity index (χ2v) is 5.80. The third-order valence-electron chi connectivity index (χ3n) is 3.01. The second-order valence-electron chi connectivity index (χ2n) is 4.81. The molecule has 0 unspecified atom stereocenters. The number of carbonyl (C=O) groups is 3. The van der Waals surface area contributed by atoms with E-state index < -0.39 is 24.4 Å². The predicted molar refractivity (Wildman–Crippen MR) is 84.3 cm³/mol. The Bertz CT molecular complexity index is 703. The number of hydrogen-bond acceptors (Lipinski definition) is 8. The van der Waals surface area contributed by atoms with Gasteiger partial charge < -0.3 is 13.7 Å². The van der Waals surface area contributed by atoms with Crippen molar-refractivity contribution in [1.82, 2.24) is 10.5 Å². The Balaban J connectivity index is 1.66. The topological polar surface area (TPSA) is 112 Å². The fourth-order valence-corrected chi connectivity index (χ4v) is 2.73. The molecule has 2 rings (SSSR count). The van der Waals surface area contributed by atoms with Crippen LogP contribution in [0.5, 0.6) is 0 Å². The van der Waals surface area contributed by atoms with Gasteiger partial charge in [0, 0.05) is 11.3 Å². The maximum atomic E-state index is 11.6. The lowest BCUT2D eigenvalue weighted by atomic mass is 10.2. The van der Waals surface area contributed by atoms with Gasteiger partial charge in [-0.1, -0.05) is 5.16 Å². The van der Waals surface area contributed by atoms with Gasteiger partial charge in [0.25, 0.3) is 11.8 Å². The summed E-state index contributed by atoms with van der Waals surface area (Å²) in [6, 6.07) is 2.94. The number of aromatic nitrogens is 1. The number of carbonyl (C=O) groups excluding carboxylic acids is 3. The average Bonchev–Trinajstić information content (AvgIpc) is 3.18. The normalized spacial score (nSPS) is 10.4. The van der Waals surface area contributed by atoms with E-state index in [1.54, 1.807) is 6.92 Å². The van der Waals surface area contributed by atoms with E-state index in [0.717, 1.165) is 11.3 Å². The fourth-order valence-electron chi connectivity index (χ4n) is 1.76. The van der Waals surface area contributed by atoms with Crippen molar-refractivity contribution in [2.45, 2.75) is 19.6 Å². The first-order valence-electron chi connectivity index (χ1n) is 7.00. The number of hydrogen-bond donors (Lipinski definition) is 1. The molecule has 24 heavy (non-hydrogen) atoms. The van der Waals surface area contributed by atoms with E-state index in [9.17, 15) is 14.4 Å². The van der Waals surface area contributed by atoms with Crippen LogP contribution in [0.15, 0.2) is 27.3 Å². The molecule has 2 aromatic rings. The summed E-state index contributed by atoms with van der Waals surface area (Å²) in [7, 11) is 0. The van der Waals surface area contributed by atoms with Crippen LogP contribution in [0.1, 0.15) is 27.6 Å². The van der Waals surface area contributed by atoms with Gasteiger partial charge in [0.05, 0.1) is 17.7 Å². The molecule has 2 amide bonds. The number of nitrogens with one attached hydrogen (secondary N) is 1. The highest BCUT2D eigenvalue weighted by molar-refractivity contribution is 7.99. The van der Waals surface area contributed by atoms with E-state index in [1.165, 1.54) is 30.2 Å². The Morgan fingerprint density at radius 1 is 1.33 bits per heavy atom. The molecule has 2 aromatic heterocycles. The van der Waals surface area contributed by atoms with Crippen LogP contribution in [-0.2, 0) is 20.1 Å². The maximum Gasteiger partial charge on any atom is 0.316 e. The molecule has 0 saturated carbocycles. The van der Waals surface area contributed by atoms with E-state index in [-0.39, 0.29) is 11.5 Å². The van der Waals surface area contributed by atoms with E-state index in [2.05, 4.69) is 10.5 Å². The molecule has 0 aliphatic heterocycles. The molecule has 0 atom stereocenters. The summed E-state index contributed by atoms with van der Waals surface area (Å²) in [6.45, 7) is 3.09. The first-order valence-corrected chi connectivity index (χ1v) is 8.15. The fraction of sp³-hybridized carbons (Fsp3) is 0.333. The lowest BCUT2D eigenvalue weighted by molar-refractivity contribution is -0.145. The van der Waals surface area contributed by atoms with Gasteiger partial charge in [0.15, 0.2) is 12.4 Å². The minimum Gasteiger partial charge on any atom is -0.459 e. The predicted octanol–water partition coefficient (Wildman–Crippen LogP) is 1.62. The van der Waals surface area contributed by atoms with E-state index >= 15 is 0 Å². The van der Waals surface area contributed by atoms with Crippen LogP contribution < -0.4 is 5.32 Å². The monoisotopic (exact) mass is 352 g/mol. The third kappa shape index (κ3) is 4.98. The van der Waals surface area contributed by atoms with Gasteiger partial charge in [-0.25, -0.2) is 0 Å². The molecular formula is C15H16N2O6S. The van der Waals surface area contributed by atoms with Crippen LogP contribution in [-0.4, -0.2) is 35.3 Å². The summed E-state index contributed by atoms with van der Waals surface area (Å²) in [5.74, 6) is -0.612. The van der Waals surface area contributed by atoms with Crippen molar-refractivity contribution < 1.29 is 28.1 Å². The standard InChI is InChI=1S/C15H16N2O6S/c1-9-11(10(2)23-17-9)7-24-8-14(19)22-6-13(18)16-15(20)12-4-3-5-21-12/h3-5H,6-8H2,1-2H3,(H,16,18,20). The number of furan rings is 1. The van der Waals surface area contributed by atoms with Gasteiger partial charge >= 0.3 is 5.97 Å². The summed E-state index contributed by atoms with van der Waals surface area (Å²) < 4.78 is 14.7. The molecule has 128 valence electrons. The lowest BCUT2D eigenvalue weighted by Crippen LogP contribution is -2.34. The van der Waals surface area contributed by atoms with Crippen molar-refractivity contribution in [2.75, 3.05) is 12.4 Å². The van der Waals surface area contributed by atoms with Crippen molar-refractivity contribution in [2.24, 2.45) is 0 Å². The Morgan fingerprint density at radius 3 is 2.75 bits per heavy atom. The summed E-state index contributed by atoms with van der Waals surface area (Å²) in [6.07, 6.45) is 1.32. The van der Waals surface area contributed by atoms with Crippen LogP contribution in [0.3, 0.4) is 0 Å². The Kier molecular flexibility index (Phi) is 6.19. The molecule has 0 fully saturated rings. The van der Waals surface area contributed by atoms with Crippen LogP contribution in [0, 0.1) is 13.8 Å². The number of amides is 2. The minimum absolute atomic E-state index is 0.00435. The summed E-state index contributed by atoms with van der Waals surface area (Å²) in [4.78, 5) is 34.7. The highest BCUT2D eigenvalue weighted by atomic mass is 32.2. The molecule has 9 heteroatoms. The van der Waals surface area contributed by atoms with Gasteiger partial charge in [-0.2, -0.15) is 0 Å². The molecule has 0 aliphatic rings. The maximum absolute atomic E-state index is 11.6. The van der Waals surface area contributed by atoms with Crippen molar-refractivity contribution in [3.63, 3.8) is 0 Å². The van der Waals surface area contributed by atoms with Crippen LogP contribution in [0.25, 0.3) is 0 Å². The van der Waals surface area contributed by atoms with Crippen molar-refractivity contribution >= 4 is 29.5 Å². The molecule has 0 aromatic carbocycles. The smallest absolute Gasteiger partial charge is 0.316 e. The number of esters is 1. The highest BCUT2D eigenvalue weighted by Crippen LogP contribution is 2.19. The number of rotatable bonds is 7. The van der Waals surface area contributed by atoms with Gasteiger partial charge in [0.1, 0.15) is 5.76 Å². The molecule has 1 N–H and O–H groups in total. The van der Waals surface area contributed by atoms with Crippen molar-refractivity contribution in [1.29, 1.82) is 0 Å². The number of aryl methyl sites for hydroxylation is 2. The quantitative estimate of drug-likeness (QED) is 0.748. The molecule has 0 spiro atoms. The zero-order valence-corrected chi connectivity index (χ0v) is 14.0. The van der Waals surface area contributed by atoms with Crippen molar-refractivity contribution in [3.8, 4) is 0 Å². The first-order chi connectivity index (χ1) is 11.5. The molecule has 0 aliphatic carbocycles. The van der Waals surface area contributed by atoms with Gasteiger partial charge in [-0.3, -0.25) is 19.7 Å². The Hall–Kier alpha value is -2.55. The van der Waals surface area contributed by atoms with E-state index in [1.807, 2.05) is 6.92 Å². The molecular weight excluding hydrogens is 336 g/mol. The summed E-state index contributed by atoms with van der Waals surface area (Å²) in [5, 5.41) is 5.88. The number of thioether (sulfide) groups is 1. The molecule has 8 nitrogen and oxygen atoms in total. The average molecular weight is 352 g/mol. The molecule has 2 heterocycles. The highest BCUT2D eigenvalue weighted by Gasteiger charge is 2.15. The third-order valence-corrected chi connectivity index (χ3v) is 3.94. The first kappa shape index (κ1) is 17.8. The zero-order chi connectivity index (χ0) is 17.5. The SMILES string of the molecule is Cc1noc(C)c1CSCC(=O)OCC(=O)NC(=O)c1ccco1. The Labute approximate surface area is 141 Å². The van der Waals surface area contributed by atoms with Gasteiger partial charge in [-0.15, -0.1) is 11.8 Å². The van der Waals surface area contributed by atoms with Crippen LogP contribution in [0.2, 0.25) is 0 Å². The van der Waals surface area contributed by atoms with Crippen LogP contribution in [0.4, 0.5) is 0 Å². The summed E-state index contributed by atoms with van der Waals surface area (Å²) in [5.41, 5.74) is 1.72. The van der Waals surface area contributed by atoms with E-state index in [0.29, 0.717) is 11.5 Å². The van der Waals surface area contributed by atoms with Gasteiger partial charge in [-0.05, 0) is 26.0 Å². The van der Waals surface area contributed by atoms with Crippen molar-refractivity contribution in [3.05, 3.63) is 41.2 Å².